The van der Waals surface area contributed by atoms with Gasteiger partial charge in [0.05, 0.1) is 17.7 Å². The molecule has 29 heavy (non-hydrogen) atoms. The van der Waals surface area contributed by atoms with E-state index in [4.69, 9.17) is 9.47 Å². The fourth-order valence-electron chi connectivity index (χ4n) is 3.29. The van der Waals surface area contributed by atoms with Crippen LogP contribution < -0.4 is 5.32 Å². The molecule has 1 N–H and O–H groups in total. The molecule has 0 atom stereocenters. The predicted octanol–water partition coefficient (Wildman–Crippen LogP) is 3.77. The summed E-state index contributed by atoms with van der Waals surface area (Å²) in [4.78, 5) is 41.9. The van der Waals surface area contributed by atoms with Crippen molar-refractivity contribution in [1.82, 2.24) is 4.98 Å². The Morgan fingerprint density at radius 2 is 1.76 bits per heavy atom. The molecule has 7 nitrogen and oxygen atoms in total. The third-order valence-corrected chi connectivity index (χ3v) is 5.86. The maximum Gasteiger partial charge on any atom is 0.341 e. The number of ether oxygens (including phenoxy) is 2. The van der Waals surface area contributed by atoms with E-state index in [0.29, 0.717) is 16.1 Å². The molecular weight excluding hydrogens is 392 g/mol. The van der Waals surface area contributed by atoms with Gasteiger partial charge < -0.3 is 14.8 Å². The highest BCUT2D eigenvalue weighted by molar-refractivity contribution is 7.17. The number of carbonyl (C=O) groups is 3. The van der Waals surface area contributed by atoms with Gasteiger partial charge in [0.1, 0.15) is 5.00 Å². The lowest BCUT2D eigenvalue weighted by Gasteiger charge is -2.11. The number of pyridine rings is 1. The van der Waals surface area contributed by atoms with E-state index in [1.54, 1.807) is 6.92 Å². The number of aryl methyl sites for hydroxylation is 1. The van der Waals surface area contributed by atoms with Gasteiger partial charge in [-0.25, -0.2) is 9.59 Å². The molecule has 0 spiro atoms. The summed E-state index contributed by atoms with van der Waals surface area (Å²) in [5.74, 6) is -1.52. The Hall–Kier alpha value is -2.74. The molecule has 0 radical (unpaired) electrons. The van der Waals surface area contributed by atoms with Crippen molar-refractivity contribution in [3.63, 3.8) is 0 Å². The van der Waals surface area contributed by atoms with Crippen LogP contribution >= 0.6 is 11.3 Å². The maximum atomic E-state index is 12.6. The highest BCUT2D eigenvalue weighted by Crippen LogP contribution is 2.37. The van der Waals surface area contributed by atoms with Crippen LogP contribution in [0.4, 0.5) is 5.00 Å². The summed E-state index contributed by atoms with van der Waals surface area (Å²) in [7, 11) is 0. The highest BCUT2D eigenvalue weighted by Gasteiger charge is 2.26. The Labute approximate surface area is 173 Å². The number of rotatable bonds is 6. The van der Waals surface area contributed by atoms with E-state index >= 15 is 0 Å². The van der Waals surface area contributed by atoms with Crippen LogP contribution in [0.25, 0.3) is 0 Å². The predicted molar refractivity (Wildman–Crippen MR) is 109 cm³/mol. The van der Waals surface area contributed by atoms with Crippen molar-refractivity contribution in [3.8, 4) is 0 Å². The summed E-state index contributed by atoms with van der Waals surface area (Å²) in [5, 5.41) is 3.22. The largest absolute Gasteiger partial charge is 0.462 e. The number of nitrogens with zero attached hydrogens (tertiary/aromatic N) is 1. The highest BCUT2D eigenvalue weighted by atomic mass is 32.1. The number of thiophene rings is 1. The van der Waals surface area contributed by atoms with E-state index in [9.17, 15) is 14.4 Å². The number of carbonyl (C=O) groups excluding carboxylic acids is 3. The Morgan fingerprint density at radius 1 is 1.03 bits per heavy atom. The first-order valence-corrected chi connectivity index (χ1v) is 10.6. The normalized spacial score (nSPS) is 13.6. The van der Waals surface area contributed by atoms with Crippen LogP contribution in [0.15, 0.2) is 24.5 Å². The number of hydrogen-bond acceptors (Lipinski definition) is 7. The summed E-state index contributed by atoms with van der Waals surface area (Å²) in [5.41, 5.74) is 1.75. The van der Waals surface area contributed by atoms with Gasteiger partial charge in [-0.15, -0.1) is 11.3 Å². The third-order valence-electron chi connectivity index (χ3n) is 4.65. The average Bonchev–Trinajstić information content (AvgIpc) is 3.03. The fraction of sp³-hybridized carbons (Fsp3) is 0.429. The van der Waals surface area contributed by atoms with E-state index in [2.05, 4.69) is 10.3 Å². The first-order valence-electron chi connectivity index (χ1n) is 9.78. The lowest BCUT2D eigenvalue weighted by Crippen LogP contribution is -2.22. The van der Waals surface area contributed by atoms with Gasteiger partial charge in [-0.1, -0.05) is 12.8 Å². The molecule has 1 aliphatic rings. The van der Waals surface area contributed by atoms with E-state index in [-0.39, 0.29) is 6.61 Å². The van der Waals surface area contributed by atoms with Crippen LogP contribution in [0.2, 0.25) is 0 Å². The Kier molecular flexibility index (Phi) is 7.35. The molecule has 0 saturated carbocycles. The first kappa shape index (κ1) is 21.0. The monoisotopic (exact) mass is 416 g/mol. The minimum Gasteiger partial charge on any atom is -0.462 e. The Morgan fingerprint density at radius 3 is 2.48 bits per heavy atom. The van der Waals surface area contributed by atoms with Crippen molar-refractivity contribution < 1.29 is 23.9 Å². The van der Waals surface area contributed by atoms with Crippen LogP contribution in [0, 0.1) is 0 Å². The summed E-state index contributed by atoms with van der Waals surface area (Å²) < 4.78 is 10.3. The molecule has 1 amide bonds. The standard InChI is InChI=1S/C21H24N2O5S/c1-2-27-21(26)18-15-7-5-3-4-6-8-16(15)29-19(18)23-17(24)13-28-20(25)14-9-11-22-12-10-14/h9-12H,2-8,13H2,1H3,(H,23,24). The summed E-state index contributed by atoms with van der Waals surface area (Å²) in [6, 6.07) is 3.02. The molecule has 0 unspecified atom stereocenters. The van der Waals surface area contributed by atoms with E-state index in [1.807, 2.05) is 0 Å². The van der Waals surface area contributed by atoms with Crippen LogP contribution in [-0.4, -0.2) is 36.0 Å². The zero-order valence-electron chi connectivity index (χ0n) is 16.4. The minimum atomic E-state index is -0.605. The number of anilines is 1. The van der Waals surface area contributed by atoms with Gasteiger partial charge in [-0.2, -0.15) is 0 Å². The molecule has 0 bridgehead atoms. The van der Waals surface area contributed by atoms with Crippen molar-refractivity contribution in [2.75, 3.05) is 18.5 Å². The van der Waals surface area contributed by atoms with Crippen molar-refractivity contribution in [3.05, 3.63) is 46.1 Å². The molecule has 8 heteroatoms. The van der Waals surface area contributed by atoms with Gasteiger partial charge in [0, 0.05) is 17.3 Å². The topological polar surface area (TPSA) is 94.6 Å². The summed E-state index contributed by atoms with van der Waals surface area (Å²) in [6.07, 6.45) is 9.00. The molecule has 1 aliphatic carbocycles. The molecular formula is C21H24N2O5S. The van der Waals surface area contributed by atoms with E-state index in [0.717, 1.165) is 42.5 Å². The quantitative estimate of drug-likeness (QED) is 0.720. The van der Waals surface area contributed by atoms with Gasteiger partial charge in [-0.05, 0) is 50.3 Å². The second kappa shape index (κ2) is 10.2. The zero-order valence-corrected chi connectivity index (χ0v) is 17.2. The second-order valence-corrected chi connectivity index (χ2v) is 7.81. The molecule has 2 aromatic heterocycles. The lowest BCUT2D eigenvalue weighted by atomic mass is 9.96. The van der Waals surface area contributed by atoms with E-state index < -0.39 is 24.5 Å². The average molecular weight is 416 g/mol. The van der Waals surface area contributed by atoms with Gasteiger partial charge in [-0.3, -0.25) is 9.78 Å². The number of aromatic nitrogens is 1. The molecule has 2 aromatic rings. The van der Waals surface area contributed by atoms with Gasteiger partial charge in [0.2, 0.25) is 0 Å². The molecule has 154 valence electrons. The smallest absolute Gasteiger partial charge is 0.341 e. The SMILES string of the molecule is CCOC(=O)c1c(NC(=O)COC(=O)c2ccncc2)sc2c1CCCCCC2. The van der Waals surface area contributed by atoms with Crippen LogP contribution in [0.1, 0.15) is 63.8 Å². The number of amides is 1. The number of esters is 2. The third kappa shape index (κ3) is 5.41. The van der Waals surface area contributed by atoms with Gasteiger partial charge >= 0.3 is 11.9 Å². The zero-order chi connectivity index (χ0) is 20.6. The maximum absolute atomic E-state index is 12.6. The fourth-order valence-corrected chi connectivity index (χ4v) is 4.59. The molecule has 0 fully saturated rings. The lowest BCUT2D eigenvalue weighted by molar-refractivity contribution is -0.119. The first-order chi connectivity index (χ1) is 14.1. The van der Waals surface area contributed by atoms with Crippen molar-refractivity contribution >= 4 is 34.2 Å². The molecule has 2 heterocycles. The van der Waals surface area contributed by atoms with Crippen molar-refractivity contribution in [1.29, 1.82) is 0 Å². The number of hydrogen-bond donors (Lipinski definition) is 1. The minimum absolute atomic E-state index is 0.264. The Bertz CT molecular complexity index is 879. The van der Waals surface area contributed by atoms with Crippen LogP contribution in [-0.2, 0) is 27.1 Å². The molecule has 0 aromatic carbocycles. The van der Waals surface area contributed by atoms with Crippen molar-refractivity contribution in [2.24, 2.45) is 0 Å². The van der Waals surface area contributed by atoms with Crippen LogP contribution in [0.5, 0.6) is 0 Å². The van der Waals surface area contributed by atoms with Crippen molar-refractivity contribution in [2.45, 2.75) is 45.4 Å². The number of nitrogens with one attached hydrogen (secondary N) is 1. The Balaban J connectivity index is 1.73. The van der Waals surface area contributed by atoms with E-state index in [1.165, 1.54) is 42.3 Å². The van der Waals surface area contributed by atoms with Gasteiger partial charge in [0.25, 0.3) is 5.91 Å². The van der Waals surface area contributed by atoms with Crippen LogP contribution in [0.3, 0.4) is 0 Å². The number of fused-ring (bicyclic) bond motifs is 1. The molecule has 0 aliphatic heterocycles. The second-order valence-electron chi connectivity index (χ2n) is 6.70. The molecule has 3 rings (SSSR count). The van der Waals surface area contributed by atoms with Gasteiger partial charge in [0.15, 0.2) is 6.61 Å². The summed E-state index contributed by atoms with van der Waals surface area (Å²) in [6.45, 7) is 1.58. The summed E-state index contributed by atoms with van der Waals surface area (Å²) >= 11 is 1.42. The molecule has 0 saturated heterocycles.